The molecule has 4 aliphatic heterocycles. The molecule has 0 fully saturated rings. The lowest BCUT2D eigenvalue weighted by atomic mass is 9.77. The predicted octanol–water partition coefficient (Wildman–Crippen LogP) is 11.1. The lowest BCUT2D eigenvalue weighted by Gasteiger charge is -2.34. The number of benzene rings is 4. The van der Waals surface area contributed by atoms with Gasteiger partial charge in [-0.1, -0.05) is 84.6 Å². The number of aliphatic imine (C=N–C) groups is 1. The van der Waals surface area contributed by atoms with Crippen LogP contribution in [0, 0.1) is 5.92 Å². The lowest BCUT2D eigenvalue weighted by Crippen LogP contribution is -2.35. The Kier molecular flexibility index (Phi) is 6.48. The standard InChI is InChI=1S/C43H33IN4S/c1-2-9-28(10-3-1)47-36-14-6-4-11-29(36)32-23-26(17-19-38(32)47)27-18-20-39-33(24-27)30-12-5-7-15-37(30)48(39)41-25-34-31-21-22-44-46-43(31)49-40-16-8-13-35(45-41)42(34)40/h1-5,7-13,15-22,24,26,32,34,38H,6,14,23,25H2/t26?,32?,34-,38?/m0/s1. The van der Waals surface area contributed by atoms with Crippen molar-refractivity contribution < 1.29 is 0 Å². The molecule has 0 amide bonds. The molecule has 6 heteroatoms. The number of allylic oxidation sites excluding steroid dienone is 5. The Morgan fingerprint density at radius 1 is 0.857 bits per heavy atom. The quantitative estimate of drug-likeness (QED) is 0.132. The van der Waals surface area contributed by atoms with Crippen molar-refractivity contribution in [3.8, 4) is 0 Å². The Bertz CT molecular complexity index is 2460. The van der Waals surface area contributed by atoms with Crippen molar-refractivity contribution in [1.29, 1.82) is 0 Å². The number of hydrogen-bond acceptors (Lipinski definition) is 4. The van der Waals surface area contributed by atoms with Gasteiger partial charge in [0.05, 0.1) is 22.8 Å². The molecule has 3 unspecified atom stereocenters. The van der Waals surface area contributed by atoms with Gasteiger partial charge in [0.25, 0.3) is 0 Å². The fourth-order valence-corrected chi connectivity index (χ4v) is 12.1. The molecule has 5 heterocycles. The van der Waals surface area contributed by atoms with Gasteiger partial charge >= 0.3 is 0 Å². The number of halogens is 1. The van der Waals surface area contributed by atoms with Crippen molar-refractivity contribution in [2.75, 3.05) is 4.90 Å². The molecule has 0 bridgehead atoms. The molecule has 4 atom stereocenters. The number of hydrogen-bond donors (Lipinski definition) is 0. The highest BCUT2D eigenvalue weighted by Gasteiger charge is 2.42. The van der Waals surface area contributed by atoms with Crippen molar-refractivity contribution in [2.45, 2.75) is 48.5 Å². The van der Waals surface area contributed by atoms with Gasteiger partial charge in [-0.05, 0) is 94.1 Å². The van der Waals surface area contributed by atoms with E-state index in [4.69, 9.17) is 8.20 Å². The summed E-state index contributed by atoms with van der Waals surface area (Å²) >= 11 is 1.59. The largest absolute Gasteiger partial charge is 0.337 e. The molecule has 1 aromatic heterocycles. The average Bonchev–Trinajstić information content (AvgIpc) is 3.67. The number of nitrogens with zero attached hydrogens (tertiary/aromatic N) is 4. The maximum absolute atomic E-state index is 5.41. The second-order valence-electron chi connectivity index (χ2n) is 13.8. The normalized spacial score (nSPS) is 24.9. The number of anilines is 1. The van der Waals surface area contributed by atoms with Gasteiger partial charge in [0, 0.05) is 72.2 Å². The minimum absolute atomic E-state index is 0.245. The van der Waals surface area contributed by atoms with Gasteiger partial charge in [0.2, 0.25) is 0 Å². The maximum atomic E-state index is 5.41. The van der Waals surface area contributed by atoms with E-state index in [-0.39, 0.29) is 26.9 Å². The van der Waals surface area contributed by atoms with Crippen LogP contribution in [-0.2, 0) is 0 Å². The molecule has 0 saturated heterocycles. The fraction of sp³-hybridized carbons (Fsp3) is 0.186. The summed E-state index contributed by atoms with van der Waals surface area (Å²) in [7, 11) is 0. The van der Waals surface area contributed by atoms with Crippen LogP contribution in [-0.4, -0.2) is 25.5 Å². The summed E-state index contributed by atoms with van der Waals surface area (Å²) in [5, 5.41) is 3.84. The highest BCUT2D eigenvalue weighted by atomic mass is 127. The monoisotopic (exact) mass is 764 g/mol. The van der Waals surface area contributed by atoms with Gasteiger partial charge in [0.15, 0.2) is 0 Å². The number of thioether (sulfide) groups is 1. The first-order chi connectivity index (χ1) is 24.3. The zero-order valence-corrected chi connectivity index (χ0v) is 29.8. The highest BCUT2D eigenvalue weighted by Crippen LogP contribution is 2.52. The zero-order chi connectivity index (χ0) is 32.1. The first kappa shape index (κ1) is 28.6. The van der Waals surface area contributed by atoms with Crippen LogP contribution in [0.25, 0.3) is 21.8 Å². The summed E-state index contributed by atoms with van der Waals surface area (Å²) in [6, 6.07) is 34.2. The van der Waals surface area contributed by atoms with E-state index in [0.717, 1.165) is 37.2 Å². The molecule has 4 aromatic carbocycles. The molecule has 11 rings (SSSR count). The van der Waals surface area contributed by atoms with E-state index >= 15 is 0 Å². The Morgan fingerprint density at radius 2 is 1.76 bits per heavy atom. The van der Waals surface area contributed by atoms with Crippen LogP contribution in [0.1, 0.15) is 48.6 Å². The average molecular weight is 765 g/mol. The summed E-state index contributed by atoms with van der Waals surface area (Å²) in [5.74, 6) is 2.28. The van der Waals surface area contributed by atoms with Gasteiger partial charge in [-0.25, -0.2) is 8.20 Å². The first-order valence-corrected chi connectivity index (χ1v) is 20.4. The van der Waals surface area contributed by atoms with Crippen LogP contribution < -0.4 is 4.90 Å². The Labute approximate surface area is 300 Å². The molecule has 5 aromatic rings. The van der Waals surface area contributed by atoms with Crippen LogP contribution in [0.3, 0.4) is 0 Å². The van der Waals surface area contributed by atoms with Gasteiger partial charge in [0.1, 0.15) is 10.9 Å². The number of aromatic nitrogens is 1. The third-order valence-electron chi connectivity index (χ3n) is 11.3. The maximum Gasteiger partial charge on any atom is 0.115 e. The van der Waals surface area contributed by atoms with Crippen molar-refractivity contribution in [3.63, 3.8) is 0 Å². The lowest BCUT2D eigenvalue weighted by molar-refractivity contribution is 0.485. The molecular weight excluding hydrogens is 731 g/mol. The second-order valence-corrected chi connectivity index (χ2v) is 16.6. The van der Waals surface area contributed by atoms with E-state index < -0.39 is 0 Å². The topological polar surface area (TPSA) is 32.9 Å². The molecule has 0 saturated carbocycles. The van der Waals surface area contributed by atoms with Crippen molar-refractivity contribution in [2.24, 2.45) is 14.1 Å². The van der Waals surface area contributed by atoms with Crippen LogP contribution in [0.5, 0.6) is 0 Å². The Hall–Kier alpha value is -4.27. The van der Waals surface area contributed by atoms with Crippen LogP contribution >= 0.6 is 32.8 Å². The van der Waals surface area contributed by atoms with E-state index in [0.29, 0.717) is 17.9 Å². The van der Waals surface area contributed by atoms with Gasteiger partial charge in [-0.2, -0.15) is 0 Å². The van der Waals surface area contributed by atoms with E-state index in [1.807, 2.05) is 11.8 Å². The number of para-hydroxylation sites is 2. The summed E-state index contributed by atoms with van der Waals surface area (Å²) in [4.78, 5) is 9.35. The van der Waals surface area contributed by atoms with Crippen LogP contribution in [0.4, 0.5) is 11.4 Å². The van der Waals surface area contributed by atoms with Crippen LogP contribution in [0.15, 0.2) is 151 Å². The van der Waals surface area contributed by atoms with Crippen molar-refractivity contribution in [1.82, 2.24) is 4.57 Å². The van der Waals surface area contributed by atoms with E-state index in [2.05, 4.69) is 135 Å². The van der Waals surface area contributed by atoms with Gasteiger partial charge < -0.3 is 4.90 Å². The molecule has 238 valence electrons. The summed E-state index contributed by atoms with van der Waals surface area (Å²) in [5.41, 5.74) is 12.1. The van der Waals surface area contributed by atoms with E-state index in [9.17, 15) is 0 Å². The van der Waals surface area contributed by atoms with Crippen molar-refractivity contribution in [3.05, 3.63) is 149 Å². The number of rotatable bonds is 2. The highest BCUT2D eigenvalue weighted by molar-refractivity contribution is 14.2. The minimum atomic E-state index is -0.245. The summed E-state index contributed by atoms with van der Waals surface area (Å²) < 4.78 is 9.78. The molecule has 4 nitrogen and oxygen atoms in total. The van der Waals surface area contributed by atoms with E-state index in [1.54, 1.807) is 5.57 Å². The third kappa shape index (κ3) is 4.32. The van der Waals surface area contributed by atoms with Crippen LogP contribution in [0.2, 0.25) is 0 Å². The fourth-order valence-electron chi connectivity index (χ4n) is 9.24. The molecule has 2 aliphatic carbocycles. The van der Waals surface area contributed by atoms with Gasteiger partial charge in [-0.3, -0.25) is 4.57 Å². The zero-order valence-electron chi connectivity index (χ0n) is 26.8. The van der Waals surface area contributed by atoms with E-state index in [1.165, 1.54) is 59.8 Å². The molecular formula is C43H33IN4S. The summed E-state index contributed by atoms with van der Waals surface area (Å²) in [6.45, 7) is 0. The first-order valence-electron chi connectivity index (χ1n) is 17.4. The molecule has 0 radical (unpaired) electrons. The van der Waals surface area contributed by atoms with Gasteiger partial charge in [-0.15, -0.1) is 0 Å². The molecule has 6 aliphatic rings. The van der Waals surface area contributed by atoms with Crippen molar-refractivity contribution >= 4 is 80.8 Å². The molecule has 49 heavy (non-hydrogen) atoms. The third-order valence-corrected chi connectivity index (χ3v) is 14.2. The smallest absolute Gasteiger partial charge is 0.115 e. The second kappa shape index (κ2) is 11.1. The minimum Gasteiger partial charge on any atom is -0.337 e. The Balaban J connectivity index is 1.01. The SMILES string of the molecule is C1=CC2=C(CC1)N(c1ccccc1)C1C=CC(c3ccc4c(c3)c3ccccc3n4C3=Nc4cccc5c4[C@@H](C3)C3=CC=IN=C3S5)CC21. The predicted molar refractivity (Wildman–Crippen MR) is 215 cm³/mol. The number of fused-ring (bicyclic) bond motifs is 7. The Morgan fingerprint density at radius 3 is 2.71 bits per heavy atom. The molecule has 0 spiro atoms. The molecule has 0 N–H and O–H groups in total. The summed E-state index contributed by atoms with van der Waals surface area (Å²) in [6.07, 6.45) is 16.4.